The number of aryl methyl sites for hydroxylation is 2. The molecular formula is C27H32N6O3. The lowest BCUT2D eigenvalue weighted by Crippen LogP contribution is -2.33. The second kappa shape index (κ2) is 11.3. The molecule has 0 fully saturated rings. The van der Waals surface area contributed by atoms with E-state index in [1.807, 2.05) is 32.0 Å². The van der Waals surface area contributed by atoms with Gasteiger partial charge >= 0.3 is 5.97 Å². The Balaban J connectivity index is 1.72. The van der Waals surface area contributed by atoms with E-state index >= 15 is 0 Å². The standard InChI is InChI=1S/C27H32N6O3/c1-5-24(26-29-30-31-33(26)17-25(34)36-6-2)32(15-20-10-7-18(3)8-11-20)16-22-14-21-13-19(4)9-12-23(21)28-27(22)35/h7-14,24H,5-6,15-17H2,1-4H3,(H,28,35)/t24-/m0/s1. The predicted molar refractivity (Wildman–Crippen MR) is 137 cm³/mol. The monoisotopic (exact) mass is 488 g/mol. The van der Waals surface area contributed by atoms with E-state index in [1.54, 1.807) is 6.92 Å². The molecule has 9 nitrogen and oxygen atoms in total. The molecule has 0 bridgehead atoms. The molecule has 0 aliphatic rings. The van der Waals surface area contributed by atoms with Crippen molar-refractivity contribution in [2.24, 2.45) is 0 Å². The summed E-state index contributed by atoms with van der Waals surface area (Å²) in [7, 11) is 0. The number of aromatic amines is 1. The van der Waals surface area contributed by atoms with Gasteiger partial charge in [0.15, 0.2) is 5.82 Å². The van der Waals surface area contributed by atoms with E-state index in [1.165, 1.54) is 10.2 Å². The van der Waals surface area contributed by atoms with Gasteiger partial charge in [-0.2, -0.15) is 0 Å². The number of ether oxygens (including phenoxy) is 1. The molecule has 0 radical (unpaired) electrons. The maximum atomic E-state index is 13.0. The fourth-order valence-electron chi connectivity index (χ4n) is 4.41. The molecule has 2 heterocycles. The maximum Gasteiger partial charge on any atom is 0.327 e. The van der Waals surface area contributed by atoms with Crippen molar-refractivity contribution in [2.45, 2.75) is 59.8 Å². The lowest BCUT2D eigenvalue weighted by molar-refractivity contribution is -0.144. The number of aromatic nitrogens is 5. The molecule has 2 aromatic heterocycles. The summed E-state index contributed by atoms with van der Waals surface area (Å²) in [6, 6.07) is 16.0. The largest absolute Gasteiger partial charge is 0.465 e. The SMILES string of the molecule is CCOC(=O)Cn1nnnc1[C@H](CC)N(Cc1ccc(C)cc1)Cc1cc2cc(C)ccc2[nH]c1=O. The minimum absolute atomic E-state index is 0.0686. The Morgan fingerprint density at radius 1 is 1.06 bits per heavy atom. The smallest absolute Gasteiger partial charge is 0.327 e. The molecule has 4 aromatic rings. The molecule has 188 valence electrons. The number of nitrogens with zero attached hydrogens (tertiary/aromatic N) is 5. The van der Waals surface area contributed by atoms with Crippen molar-refractivity contribution in [3.05, 3.63) is 87.0 Å². The van der Waals surface area contributed by atoms with Gasteiger partial charge in [-0.15, -0.1) is 5.10 Å². The third-order valence-electron chi connectivity index (χ3n) is 6.23. The summed E-state index contributed by atoms with van der Waals surface area (Å²) in [4.78, 5) is 30.4. The van der Waals surface area contributed by atoms with Gasteiger partial charge in [-0.1, -0.05) is 48.4 Å². The number of benzene rings is 2. The van der Waals surface area contributed by atoms with Crippen LogP contribution >= 0.6 is 0 Å². The number of carbonyl (C=O) groups is 1. The third kappa shape index (κ3) is 5.85. The molecule has 1 N–H and O–H groups in total. The van der Waals surface area contributed by atoms with Crippen molar-refractivity contribution in [3.63, 3.8) is 0 Å². The van der Waals surface area contributed by atoms with Crippen LogP contribution in [0.5, 0.6) is 0 Å². The van der Waals surface area contributed by atoms with Crippen molar-refractivity contribution in [1.29, 1.82) is 0 Å². The van der Waals surface area contributed by atoms with Gasteiger partial charge in [-0.25, -0.2) is 4.68 Å². The van der Waals surface area contributed by atoms with Crippen molar-refractivity contribution in [2.75, 3.05) is 6.61 Å². The number of rotatable bonds is 10. The normalized spacial score (nSPS) is 12.2. The van der Waals surface area contributed by atoms with Crippen LogP contribution < -0.4 is 5.56 Å². The number of hydrogen-bond donors (Lipinski definition) is 1. The number of fused-ring (bicyclic) bond motifs is 1. The minimum Gasteiger partial charge on any atom is -0.465 e. The second-order valence-corrected chi connectivity index (χ2v) is 9.03. The van der Waals surface area contributed by atoms with Gasteiger partial charge in [0, 0.05) is 24.2 Å². The maximum absolute atomic E-state index is 13.0. The number of tetrazole rings is 1. The van der Waals surface area contributed by atoms with E-state index in [-0.39, 0.29) is 24.8 Å². The average molecular weight is 489 g/mol. The Hall–Kier alpha value is -3.85. The van der Waals surface area contributed by atoms with Gasteiger partial charge in [-0.05, 0) is 66.8 Å². The van der Waals surface area contributed by atoms with Gasteiger partial charge in [-0.3, -0.25) is 14.5 Å². The third-order valence-corrected chi connectivity index (χ3v) is 6.23. The van der Waals surface area contributed by atoms with Crippen molar-refractivity contribution < 1.29 is 9.53 Å². The van der Waals surface area contributed by atoms with Gasteiger partial charge < -0.3 is 9.72 Å². The quantitative estimate of drug-likeness (QED) is 0.338. The summed E-state index contributed by atoms with van der Waals surface area (Å²) in [5, 5.41) is 13.1. The van der Waals surface area contributed by atoms with Crippen LogP contribution in [0.2, 0.25) is 0 Å². The fourth-order valence-corrected chi connectivity index (χ4v) is 4.41. The number of H-pyrrole nitrogens is 1. The van der Waals surface area contributed by atoms with Crippen molar-refractivity contribution >= 4 is 16.9 Å². The van der Waals surface area contributed by atoms with Crippen LogP contribution in [-0.4, -0.2) is 42.7 Å². The molecule has 0 spiro atoms. The van der Waals surface area contributed by atoms with Gasteiger partial charge in [0.1, 0.15) is 6.54 Å². The topological polar surface area (TPSA) is 106 Å². The van der Waals surface area contributed by atoms with Crippen LogP contribution in [0.25, 0.3) is 10.9 Å². The van der Waals surface area contributed by atoms with Crippen LogP contribution in [-0.2, 0) is 29.2 Å². The predicted octanol–water partition coefficient (Wildman–Crippen LogP) is 3.85. The molecule has 0 aliphatic carbocycles. The fraction of sp³-hybridized carbons (Fsp3) is 0.370. The number of esters is 1. The molecule has 4 rings (SSSR count). The summed E-state index contributed by atoms with van der Waals surface area (Å²) < 4.78 is 6.59. The van der Waals surface area contributed by atoms with Gasteiger partial charge in [0.2, 0.25) is 0 Å². The zero-order valence-corrected chi connectivity index (χ0v) is 21.2. The Morgan fingerprint density at radius 3 is 2.53 bits per heavy atom. The average Bonchev–Trinajstić information content (AvgIpc) is 3.29. The van der Waals surface area contributed by atoms with Gasteiger partial charge in [0.25, 0.3) is 5.56 Å². The summed E-state index contributed by atoms with van der Waals surface area (Å²) in [5.74, 6) is 0.165. The van der Waals surface area contributed by atoms with Gasteiger partial charge in [0.05, 0.1) is 12.6 Å². The number of carbonyl (C=O) groups excluding carboxylic acids is 1. The molecular weight excluding hydrogens is 456 g/mol. The van der Waals surface area contributed by atoms with Crippen LogP contribution in [0.1, 0.15) is 54.4 Å². The molecule has 0 amide bonds. The Kier molecular flexibility index (Phi) is 7.90. The molecule has 0 saturated heterocycles. The van der Waals surface area contributed by atoms with Crippen molar-refractivity contribution in [1.82, 2.24) is 30.1 Å². The highest BCUT2D eigenvalue weighted by Crippen LogP contribution is 2.27. The van der Waals surface area contributed by atoms with Crippen LogP contribution in [0.15, 0.2) is 53.3 Å². The van der Waals surface area contributed by atoms with Crippen LogP contribution in [0, 0.1) is 13.8 Å². The first kappa shape index (κ1) is 25.2. The minimum atomic E-state index is -0.396. The number of hydrogen-bond acceptors (Lipinski definition) is 7. The number of nitrogens with one attached hydrogen (secondary N) is 1. The van der Waals surface area contributed by atoms with E-state index in [2.05, 4.69) is 62.7 Å². The molecule has 36 heavy (non-hydrogen) atoms. The van der Waals surface area contributed by atoms with E-state index < -0.39 is 5.97 Å². The second-order valence-electron chi connectivity index (χ2n) is 9.03. The van der Waals surface area contributed by atoms with E-state index in [0.29, 0.717) is 30.9 Å². The molecule has 1 atom stereocenters. The molecule has 0 aliphatic heterocycles. The van der Waals surface area contributed by atoms with E-state index in [4.69, 9.17) is 4.74 Å². The zero-order chi connectivity index (χ0) is 25.7. The molecule has 0 saturated carbocycles. The summed E-state index contributed by atoms with van der Waals surface area (Å²) >= 11 is 0. The van der Waals surface area contributed by atoms with E-state index in [9.17, 15) is 9.59 Å². The highest BCUT2D eigenvalue weighted by atomic mass is 16.5. The van der Waals surface area contributed by atoms with Crippen LogP contribution in [0.4, 0.5) is 0 Å². The van der Waals surface area contributed by atoms with Crippen LogP contribution in [0.3, 0.4) is 0 Å². The lowest BCUT2D eigenvalue weighted by atomic mass is 10.1. The Bertz CT molecular complexity index is 1390. The Labute approximate surface area is 210 Å². The first-order valence-corrected chi connectivity index (χ1v) is 12.2. The van der Waals surface area contributed by atoms with E-state index in [0.717, 1.165) is 22.0 Å². The highest BCUT2D eigenvalue weighted by Gasteiger charge is 2.27. The zero-order valence-electron chi connectivity index (χ0n) is 21.2. The Morgan fingerprint density at radius 2 is 1.81 bits per heavy atom. The summed E-state index contributed by atoms with van der Waals surface area (Å²) in [6.45, 7) is 9.08. The summed E-state index contributed by atoms with van der Waals surface area (Å²) in [6.07, 6.45) is 0.680. The summed E-state index contributed by atoms with van der Waals surface area (Å²) in [5.41, 5.74) is 4.75. The lowest BCUT2D eigenvalue weighted by Gasteiger charge is -2.30. The first-order valence-electron chi connectivity index (χ1n) is 12.2. The molecule has 9 heteroatoms. The first-order chi connectivity index (χ1) is 17.4. The highest BCUT2D eigenvalue weighted by molar-refractivity contribution is 5.79. The number of pyridine rings is 1. The van der Waals surface area contributed by atoms with Crippen molar-refractivity contribution in [3.8, 4) is 0 Å². The molecule has 0 unspecified atom stereocenters. The molecule has 2 aromatic carbocycles.